The van der Waals surface area contributed by atoms with Gasteiger partial charge in [-0.3, -0.25) is 4.79 Å². The van der Waals surface area contributed by atoms with E-state index < -0.39 is 5.97 Å². The summed E-state index contributed by atoms with van der Waals surface area (Å²) in [5.74, 6) is -1.07. The van der Waals surface area contributed by atoms with Crippen LogP contribution < -0.4 is 5.56 Å². The zero-order valence-corrected chi connectivity index (χ0v) is 9.94. The lowest BCUT2D eigenvalue weighted by atomic mass is 10.0. The highest BCUT2D eigenvalue weighted by molar-refractivity contribution is 6.04. The van der Waals surface area contributed by atoms with Gasteiger partial charge >= 0.3 is 5.97 Å². The summed E-state index contributed by atoms with van der Waals surface area (Å²) in [6.07, 6.45) is 0. The first-order chi connectivity index (χ1) is 7.91. The molecular weight excluding hydrogens is 218 g/mol. The van der Waals surface area contributed by atoms with Crippen molar-refractivity contribution in [2.45, 2.75) is 13.8 Å². The second-order valence-corrected chi connectivity index (χ2v) is 4.24. The molecule has 0 bridgehead atoms. The number of benzene rings is 1. The van der Waals surface area contributed by atoms with E-state index in [0.717, 1.165) is 11.1 Å². The van der Waals surface area contributed by atoms with Crippen LogP contribution in [0.15, 0.2) is 23.0 Å². The molecule has 88 valence electrons. The van der Waals surface area contributed by atoms with Crippen molar-refractivity contribution < 1.29 is 9.90 Å². The van der Waals surface area contributed by atoms with E-state index in [0.29, 0.717) is 10.9 Å². The van der Waals surface area contributed by atoms with Crippen LogP contribution in [-0.2, 0) is 7.05 Å². The minimum Gasteiger partial charge on any atom is -0.478 e. The molecule has 0 aliphatic rings. The lowest BCUT2D eigenvalue weighted by molar-refractivity contribution is 0.0698. The van der Waals surface area contributed by atoms with Crippen LogP contribution in [-0.4, -0.2) is 15.6 Å². The van der Waals surface area contributed by atoms with Gasteiger partial charge in [0, 0.05) is 18.5 Å². The summed E-state index contributed by atoms with van der Waals surface area (Å²) in [5.41, 5.74) is 2.30. The van der Waals surface area contributed by atoms with E-state index in [1.807, 2.05) is 26.0 Å². The topological polar surface area (TPSA) is 59.3 Å². The molecule has 1 N–H and O–H groups in total. The fourth-order valence-electron chi connectivity index (χ4n) is 2.14. The molecule has 4 nitrogen and oxygen atoms in total. The van der Waals surface area contributed by atoms with Crippen LogP contribution in [0, 0.1) is 13.8 Å². The number of carboxylic acids is 1. The highest BCUT2D eigenvalue weighted by Crippen LogP contribution is 2.22. The predicted molar refractivity (Wildman–Crippen MR) is 65.6 cm³/mol. The molecular formula is C13H13NO3. The lowest BCUT2D eigenvalue weighted by Crippen LogP contribution is -2.19. The monoisotopic (exact) mass is 231 g/mol. The number of hydrogen-bond donors (Lipinski definition) is 1. The van der Waals surface area contributed by atoms with Gasteiger partial charge in [0.1, 0.15) is 0 Å². The number of aryl methyl sites for hydroxylation is 3. The Hall–Kier alpha value is -2.10. The molecule has 0 radical (unpaired) electrons. The second-order valence-electron chi connectivity index (χ2n) is 4.24. The zero-order chi connectivity index (χ0) is 12.7. The predicted octanol–water partition coefficient (Wildman–Crippen LogP) is 1.85. The van der Waals surface area contributed by atoms with E-state index in [2.05, 4.69) is 0 Å². The molecule has 2 aromatic rings. The van der Waals surface area contributed by atoms with Crippen molar-refractivity contribution in [2.75, 3.05) is 0 Å². The van der Waals surface area contributed by atoms with Crippen LogP contribution in [0.3, 0.4) is 0 Å². The maximum Gasteiger partial charge on any atom is 0.336 e. The minimum absolute atomic E-state index is 0.0700. The average Bonchev–Trinajstić information content (AvgIpc) is 2.23. The van der Waals surface area contributed by atoms with E-state index >= 15 is 0 Å². The number of hydrogen-bond acceptors (Lipinski definition) is 2. The van der Waals surface area contributed by atoms with Gasteiger partial charge in [-0.05, 0) is 31.0 Å². The molecule has 0 saturated carbocycles. The molecule has 1 aromatic heterocycles. The molecule has 1 heterocycles. The van der Waals surface area contributed by atoms with Gasteiger partial charge in [0.15, 0.2) is 0 Å². The van der Waals surface area contributed by atoms with E-state index in [4.69, 9.17) is 5.11 Å². The molecule has 0 unspecified atom stereocenters. The Morgan fingerprint density at radius 2 is 1.88 bits per heavy atom. The van der Waals surface area contributed by atoms with Gasteiger partial charge in [-0.2, -0.15) is 0 Å². The van der Waals surface area contributed by atoms with Crippen LogP contribution >= 0.6 is 0 Å². The van der Waals surface area contributed by atoms with Gasteiger partial charge < -0.3 is 9.67 Å². The lowest BCUT2D eigenvalue weighted by Gasteiger charge is -2.11. The van der Waals surface area contributed by atoms with Crippen molar-refractivity contribution in [2.24, 2.45) is 7.05 Å². The van der Waals surface area contributed by atoms with Crippen molar-refractivity contribution in [1.29, 1.82) is 0 Å². The first-order valence-corrected chi connectivity index (χ1v) is 5.26. The van der Waals surface area contributed by atoms with Crippen molar-refractivity contribution in [3.8, 4) is 0 Å². The van der Waals surface area contributed by atoms with E-state index in [9.17, 15) is 9.59 Å². The van der Waals surface area contributed by atoms with Crippen molar-refractivity contribution in [3.05, 3.63) is 45.2 Å². The fraction of sp³-hybridized carbons (Fsp3) is 0.231. The Morgan fingerprint density at radius 3 is 2.47 bits per heavy atom. The molecule has 17 heavy (non-hydrogen) atoms. The van der Waals surface area contributed by atoms with E-state index in [-0.39, 0.29) is 11.1 Å². The highest BCUT2D eigenvalue weighted by atomic mass is 16.4. The van der Waals surface area contributed by atoms with E-state index in [1.54, 1.807) is 7.05 Å². The normalized spacial score (nSPS) is 10.8. The van der Waals surface area contributed by atoms with Crippen LogP contribution in [0.25, 0.3) is 10.9 Å². The third-order valence-corrected chi connectivity index (χ3v) is 2.92. The van der Waals surface area contributed by atoms with Gasteiger partial charge in [-0.25, -0.2) is 4.79 Å². The molecule has 0 aliphatic heterocycles. The number of rotatable bonds is 1. The van der Waals surface area contributed by atoms with Crippen LogP contribution in [0.1, 0.15) is 21.5 Å². The zero-order valence-electron chi connectivity index (χ0n) is 9.94. The summed E-state index contributed by atoms with van der Waals surface area (Å²) in [7, 11) is 1.65. The minimum atomic E-state index is -1.07. The molecule has 0 amide bonds. The van der Waals surface area contributed by atoms with Gasteiger partial charge in [0.2, 0.25) is 0 Å². The number of aromatic nitrogens is 1. The maximum absolute atomic E-state index is 11.7. The maximum atomic E-state index is 11.7. The molecule has 0 spiro atoms. The molecule has 2 rings (SSSR count). The molecule has 4 heteroatoms. The summed E-state index contributed by atoms with van der Waals surface area (Å²) in [6.45, 7) is 3.77. The van der Waals surface area contributed by atoms with Gasteiger partial charge in [0.05, 0.1) is 11.1 Å². The van der Waals surface area contributed by atoms with Crippen molar-refractivity contribution >= 4 is 16.9 Å². The number of aromatic carboxylic acids is 1. The summed E-state index contributed by atoms with van der Waals surface area (Å²) < 4.78 is 1.47. The largest absolute Gasteiger partial charge is 0.478 e. The molecule has 0 fully saturated rings. The van der Waals surface area contributed by atoms with Crippen LogP contribution in [0.5, 0.6) is 0 Å². The average molecular weight is 231 g/mol. The van der Waals surface area contributed by atoms with Crippen molar-refractivity contribution in [1.82, 2.24) is 4.57 Å². The van der Waals surface area contributed by atoms with Gasteiger partial charge in [0.25, 0.3) is 5.56 Å². The van der Waals surface area contributed by atoms with E-state index in [1.165, 1.54) is 10.6 Å². The van der Waals surface area contributed by atoms with Gasteiger partial charge in [-0.1, -0.05) is 6.07 Å². The Balaban J connectivity index is 3.10. The summed E-state index contributed by atoms with van der Waals surface area (Å²) in [5, 5.41) is 9.77. The third-order valence-electron chi connectivity index (χ3n) is 2.92. The Morgan fingerprint density at radius 1 is 1.24 bits per heavy atom. The number of pyridine rings is 1. The number of fused-ring (bicyclic) bond motifs is 1. The SMILES string of the molecule is Cc1cc(C)c2c(C(=O)O)cc(=O)n(C)c2c1. The number of carboxylic acid groups (broad SMARTS) is 1. The summed E-state index contributed by atoms with van der Waals surface area (Å²) in [6, 6.07) is 4.92. The quantitative estimate of drug-likeness (QED) is 0.814. The Bertz CT molecular complexity index is 683. The number of nitrogens with zero attached hydrogens (tertiary/aromatic N) is 1. The summed E-state index contributed by atoms with van der Waals surface area (Å²) >= 11 is 0. The second kappa shape index (κ2) is 3.73. The molecule has 0 aliphatic carbocycles. The molecule has 1 aromatic carbocycles. The fourth-order valence-corrected chi connectivity index (χ4v) is 2.14. The first-order valence-electron chi connectivity index (χ1n) is 5.26. The molecule has 0 atom stereocenters. The van der Waals surface area contributed by atoms with Crippen LogP contribution in [0.4, 0.5) is 0 Å². The van der Waals surface area contributed by atoms with Crippen LogP contribution in [0.2, 0.25) is 0 Å². The van der Waals surface area contributed by atoms with Crippen molar-refractivity contribution in [3.63, 3.8) is 0 Å². The smallest absolute Gasteiger partial charge is 0.336 e. The summed E-state index contributed by atoms with van der Waals surface area (Å²) in [4.78, 5) is 22.8. The highest BCUT2D eigenvalue weighted by Gasteiger charge is 2.14. The standard InChI is InChI=1S/C13H13NO3/c1-7-4-8(2)12-9(13(16)17)6-11(15)14(3)10(12)5-7/h4-6H,1-3H3,(H,16,17). The Labute approximate surface area is 98.1 Å². The molecule has 0 saturated heterocycles. The first kappa shape index (κ1) is 11.4. The third kappa shape index (κ3) is 1.71. The van der Waals surface area contributed by atoms with Gasteiger partial charge in [-0.15, -0.1) is 0 Å². The Kier molecular flexibility index (Phi) is 2.50. The number of carbonyl (C=O) groups is 1.